The molecular weight excluding hydrogens is 366 g/mol. The van der Waals surface area contributed by atoms with Crippen molar-refractivity contribution < 1.29 is 14.8 Å². The molecule has 142 valence electrons. The Morgan fingerprint density at radius 1 is 1.37 bits per heavy atom. The monoisotopic (exact) mass is 387 g/mol. The highest BCUT2D eigenvalue weighted by atomic mass is 32.1. The van der Waals surface area contributed by atoms with Gasteiger partial charge in [0.25, 0.3) is 5.69 Å². The third-order valence-corrected chi connectivity index (χ3v) is 6.65. The van der Waals surface area contributed by atoms with Crippen LogP contribution in [0, 0.1) is 16.0 Å². The number of carboxylic acid groups (broad SMARTS) is 1. The molecule has 8 heteroatoms. The third-order valence-electron chi connectivity index (χ3n) is 5.71. The number of fused-ring (bicyclic) bond motifs is 1. The number of hydrogen-bond donors (Lipinski definition) is 1. The van der Waals surface area contributed by atoms with Crippen molar-refractivity contribution in [1.82, 2.24) is 9.88 Å². The average molecular weight is 387 g/mol. The second-order valence-electron chi connectivity index (χ2n) is 7.33. The van der Waals surface area contributed by atoms with Crippen LogP contribution in [-0.2, 0) is 11.3 Å². The van der Waals surface area contributed by atoms with Crippen molar-refractivity contribution >= 4 is 23.0 Å². The number of aromatic nitrogens is 1. The summed E-state index contributed by atoms with van der Waals surface area (Å²) in [5, 5.41) is 23.3. The standard InChI is InChI=1S/C19H21N3O4S/c23-19(24)17-9-12-4-1-2-7-16(12)21(17)10-14-11-27-18(20-14)13-5-3-6-15(8-13)22(25)26/h3,5-6,8,11-12,16-17H,1-2,4,7,9-10H2,(H,23,24). The lowest BCUT2D eigenvalue weighted by Crippen LogP contribution is -2.41. The van der Waals surface area contributed by atoms with Gasteiger partial charge in [0.05, 0.1) is 10.6 Å². The van der Waals surface area contributed by atoms with Crippen LogP contribution in [0.3, 0.4) is 0 Å². The molecule has 0 spiro atoms. The zero-order valence-electron chi connectivity index (χ0n) is 14.8. The molecule has 2 heterocycles. The number of nitrogens with zero attached hydrogens (tertiary/aromatic N) is 3. The highest BCUT2D eigenvalue weighted by Gasteiger charge is 2.45. The van der Waals surface area contributed by atoms with Crippen LogP contribution in [0.5, 0.6) is 0 Å². The number of thiazole rings is 1. The second kappa shape index (κ2) is 7.36. The Bertz CT molecular complexity index is 868. The van der Waals surface area contributed by atoms with Crippen LogP contribution in [0.25, 0.3) is 10.6 Å². The van der Waals surface area contributed by atoms with E-state index in [0.29, 0.717) is 24.1 Å². The van der Waals surface area contributed by atoms with Gasteiger partial charge in [-0.2, -0.15) is 0 Å². The maximum Gasteiger partial charge on any atom is 0.320 e. The minimum absolute atomic E-state index is 0.0415. The van der Waals surface area contributed by atoms with E-state index in [9.17, 15) is 20.0 Å². The summed E-state index contributed by atoms with van der Waals surface area (Å²) in [4.78, 5) is 29.1. The van der Waals surface area contributed by atoms with Crippen molar-refractivity contribution in [1.29, 1.82) is 0 Å². The number of hydrogen-bond acceptors (Lipinski definition) is 6. The third kappa shape index (κ3) is 3.59. The number of rotatable bonds is 5. The lowest BCUT2D eigenvalue weighted by Gasteiger charge is -2.32. The SMILES string of the molecule is O=C(O)C1CC2CCCCC2N1Cc1csc(-c2cccc([N+](=O)[O-])c2)n1. The molecule has 1 aromatic heterocycles. The Morgan fingerprint density at radius 3 is 2.96 bits per heavy atom. The number of carboxylic acids is 1. The minimum atomic E-state index is -0.751. The highest BCUT2D eigenvalue weighted by molar-refractivity contribution is 7.13. The summed E-state index contributed by atoms with van der Waals surface area (Å²) in [7, 11) is 0. The fourth-order valence-corrected chi connectivity index (χ4v) is 5.28. The topological polar surface area (TPSA) is 96.6 Å². The van der Waals surface area contributed by atoms with E-state index in [1.165, 1.54) is 29.9 Å². The zero-order chi connectivity index (χ0) is 19.0. The summed E-state index contributed by atoms with van der Waals surface area (Å²) in [6.07, 6.45) is 5.23. The molecule has 0 bridgehead atoms. The highest BCUT2D eigenvalue weighted by Crippen LogP contribution is 2.40. The van der Waals surface area contributed by atoms with Gasteiger partial charge in [0.15, 0.2) is 0 Å². The first-order valence-corrected chi connectivity index (χ1v) is 10.1. The molecule has 27 heavy (non-hydrogen) atoms. The summed E-state index contributed by atoms with van der Waals surface area (Å²) < 4.78 is 0. The molecule has 1 aliphatic heterocycles. The van der Waals surface area contributed by atoms with Crippen molar-refractivity contribution in [3.63, 3.8) is 0 Å². The second-order valence-corrected chi connectivity index (χ2v) is 8.18. The lowest BCUT2D eigenvalue weighted by atomic mass is 9.85. The number of carbonyl (C=O) groups is 1. The van der Waals surface area contributed by atoms with E-state index in [4.69, 9.17) is 0 Å². The van der Waals surface area contributed by atoms with Gasteiger partial charge in [0.1, 0.15) is 11.0 Å². The number of non-ortho nitro benzene ring substituents is 1. The van der Waals surface area contributed by atoms with Crippen LogP contribution in [0.1, 0.15) is 37.8 Å². The molecule has 1 aromatic carbocycles. The van der Waals surface area contributed by atoms with Crippen LogP contribution in [0.4, 0.5) is 5.69 Å². The van der Waals surface area contributed by atoms with Crippen LogP contribution < -0.4 is 0 Å². The lowest BCUT2D eigenvalue weighted by molar-refractivity contribution is -0.384. The number of likely N-dealkylation sites (tertiary alicyclic amines) is 1. The van der Waals surface area contributed by atoms with E-state index in [-0.39, 0.29) is 5.69 Å². The molecule has 2 aromatic rings. The molecule has 3 unspecified atom stereocenters. The smallest absolute Gasteiger partial charge is 0.320 e. The van der Waals surface area contributed by atoms with E-state index in [0.717, 1.165) is 36.4 Å². The Kier molecular flexibility index (Phi) is 4.92. The van der Waals surface area contributed by atoms with Crippen molar-refractivity contribution in [2.75, 3.05) is 0 Å². The molecule has 0 amide bonds. The van der Waals surface area contributed by atoms with Gasteiger partial charge >= 0.3 is 5.97 Å². The van der Waals surface area contributed by atoms with Gasteiger partial charge < -0.3 is 5.11 Å². The van der Waals surface area contributed by atoms with Crippen LogP contribution in [0.2, 0.25) is 0 Å². The molecule has 1 N–H and O–H groups in total. The van der Waals surface area contributed by atoms with Crippen LogP contribution >= 0.6 is 11.3 Å². The largest absolute Gasteiger partial charge is 0.480 e. The molecular formula is C19H21N3O4S. The molecule has 0 radical (unpaired) electrons. The van der Waals surface area contributed by atoms with Crippen molar-refractivity contribution in [2.45, 2.75) is 50.7 Å². The van der Waals surface area contributed by atoms with Crippen molar-refractivity contribution in [2.24, 2.45) is 5.92 Å². The van der Waals surface area contributed by atoms with E-state index in [1.807, 2.05) is 11.4 Å². The van der Waals surface area contributed by atoms with Gasteiger partial charge in [-0.3, -0.25) is 19.8 Å². The van der Waals surface area contributed by atoms with Crippen molar-refractivity contribution in [3.8, 4) is 10.6 Å². The molecule has 2 fully saturated rings. The predicted octanol–water partition coefficient (Wildman–Crippen LogP) is 3.94. The van der Waals surface area contributed by atoms with E-state index in [1.54, 1.807) is 6.07 Å². The quantitative estimate of drug-likeness (QED) is 0.617. The molecule has 1 saturated carbocycles. The summed E-state index contributed by atoms with van der Waals surface area (Å²) >= 11 is 1.44. The number of aliphatic carboxylic acids is 1. The minimum Gasteiger partial charge on any atom is -0.480 e. The van der Waals surface area contributed by atoms with Crippen LogP contribution in [-0.4, -0.2) is 38.0 Å². The molecule has 7 nitrogen and oxygen atoms in total. The maximum atomic E-state index is 11.8. The molecule has 2 aliphatic rings. The first kappa shape index (κ1) is 18.1. The molecule has 1 saturated heterocycles. The Morgan fingerprint density at radius 2 is 2.19 bits per heavy atom. The van der Waals surface area contributed by atoms with Crippen molar-refractivity contribution in [3.05, 3.63) is 45.5 Å². The first-order chi connectivity index (χ1) is 13.0. The fraction of sp³-hybridized carbons (Fsp3) is 0.474. The summed E-state index contributed by atoms with van der Waals surface area (Å²) in [5.41, 5.74) is 1.59. The Hall–Kier alpha value is -2.32. The van der Waals surface area contributed by atoms with Crippen LogP contribution in [0.15, 0.2) is 29.6 Å². The Labute approximate surface area is 160 Å². The summed E-state index contributed by atoms with van der Waals surface area (Å²) in [6, 6.07) is 6.33. The van der Waals surface area contributed by atoms with Gasteiger partial charge in [0.2, 0.25) is 0 Å². The normalized spacial score (nSPS) is 25.3. The maximum absolute atomic E-state index is 11.8. The zero-order valence-corrected chi connectivity index (χ0v) is 15.6. The van der Waals surface area contributed by atoms with Gasteiger partial charge in [-0.15, -0.1) is 11.3 Å². The number of benzene rings is 1. The van der Waals surface area contributed by atoms with E-state index >= 15 is 0 Å². The summed E-state index contributed by atoms with van der Waals surface area (Å²) in [6.45, 7) is 0.517. The fourth-order valence-electron chi connectivity index (χ4n) is 4.47. The average Bonchev–Trinajstić information content (AvgIpc) is 3.27. The van der Waals surface area contributed by atoms with Gasteiger partial charge in [-0.1, -0.05) is 25.0 Å². The van der Waals surface area contributed by atoms with E-state index in [2.05, 4.69) is 9.88 Å². The molecule has 1 aliphatic carbocycles. The van der Waals surface area contributed by atoms with Gasteiger partial charge in [0, 0.05) is 35.7 Å². The number of nitro benzene ring substituents is 1. The van der Waals surface area contributed by atoms with E-state index < -0.39 is 16.9 Å². The predicted molar refractivity (Wildman–Crippen MR) is 102 cm³/mol. The number of nitro groups is 1. The Balaban J connectivity index is 1.55. The molecule has 3 atom stereocenters. The first-order valence-electron chi connectivity index (χ1n) is 9.20. The van der Waals surface area contributed by atoms with Gasteiger partial charge in [-0.05, 0) is 25.2 Å². The molecule has 4 rings (SSSR count). The summed E-state index contributed by atoms with van der Waals surface area (Å²) in [5.74, 6) is -0.284. The van der Waals surface area contributed by atoms with Gasteiger partial charge in [-0.25, -0.2) is 4.98 Å².